The minimum Gasteiger partial charge on any atom is -0.497 e. The van der Waals surface area contributed by atoms with Crippen LogP contribution in [0.5, 0.6) is 11.5 Å². The summed E-state index contributed by atoms with van der Waals surface area (Å²) in [7, 11) is 3.28. The SMILES string of the molecule is COc1ccc(C(=CC(=O)N(c2ccccc2)C(C)C)c2ccc(OC)cc2)cc1. The number of carbonyl (C=O) groups is 1. The molecule has 0 spiro atoms. The molecular formula is C26H27NO3. The molecule has 0 bridgehead atoms. The summed E-state index contributed by atoms with van der Waals surface area (Å²) in [6, 6.07) is 25.2. The van der Waals surface area contributed by atoms with E-state index in [-0.39, 0.29) is 11.9 Å². The maximum atomic E-state index is 13.4. The molecule has 0 heterocycles. The van der Waals surface area contributed by atoms with Gasteiger partial charge in [-0.05, 0) is 66.9 Å². The van der Waals surface area contributed by atoms with Gasteiger partial charge >= 0.3 is 0 Å². The molecular weight excluding hydrogens is 374 g/mol. The second-order valence-electron chi connectivity index (χ2n) is 7.15. The number of anilines is 1. The minimum absolute atomic E-state index is 0.0177. The maximum Gasteiger partial charge on any atom is 0.251 e. The lowest BCUT2D eigenvalue weighted by Crippen LogP contribution is -2.35. The molecule has 0 unspecified atom stereocenters. The van der Waals surface area contributed by atoms with E-state index >= 15 is 0 Å². The standard InChI is InChI=1S/C26H27NO3/c1-19(2)27(22-8-6-5-7-9-22)26(28)18-25(20-10-14-23(29-3)15-11-20)21-12-16-24(30-4)17-13-21/h5-19H,1-4H3. The average molecular weight is 402 g/mol. The van der Waals surface area contributed by atoms with Crippen LogP contribution in [0.2, 0.25) is 0 Å². The number of para-hydroxylation sites is 1. The van der Waals surface area contributed by atoms with E-state index in [0.29, 0.717) is 0 Å². The van der Waals surface area contributed by atoms with Crippen molar-refractivity contribution < 1.29 is 14.3 Å². The number of hydrogen-bond acceptors (Lipinski definition) is 3. The summed E-state index contributed by atoms with van der Waals surface area (Å²) in [6.07, 6.45) is 1.70. The van der Waals surface area contributed by atoms with E-state index in [2.05, 4.69) is 0 Å². The Morgan fingerprint density at radius 3 is 1.63 bits per heavy atom. The molecule has 0 aliphatic carbocycles. The molecule has 0 atom stereocenters. The van der Waals surface area contributed by atoms with Gasteiger partial charge < -0.3 is 14.4 Å². The number of hydrogen-bond donors (Lipinski definition) is 0. The summed E-state index contributed by atoms with van der Waals surface area (Å²) in [5.41, 5.74) is 3.58. The van der Waals surface area contributed by atoms with E-state index in [1.54, 1.807) is 25.2 Å². The second-order valence-corrected chi connectivity index (χ2v) is 7.15. The van der Waals surface area contributed by atoms with Gasteiger partial charge in [0.1, 0.15) is 11.5 Å². The van der Waals surface area contributed by atoms with Gasteiger partial charge in [-0.1, -0.05) is 42.5 Å². The van der Waals surface area contributed by atoms with Crippen molar-refractivity contribution in [2.75, 3.05) is 19.1 Å². The van der Waals surface area contributed by atoms with E-state index in [9.17, 15) is 4.79 Å². The van der Waals surface area contributed by atoms with Crippen molar-refractivity contribution in [3.05, 3.63) is 96.1 Å². The third kappa shape index (κ3) is 4.90. The highest BCUT2D eigenvalue weighted by atomic mass is 16.5. The highest BCUT2D eigenvalue weighted by Crippen LogP contribution is 2.28. The topological polar surface area (TPSA) is 38.8 Å². The third-order valence-electron chi connectivity index (χ3n) is 4.86. The Hall–Kier alpha value is -3.53. The van der Waals surface area contributed by atoms with Crippen molar-refractivity contribution in [3.8, 4) is 11.5 Å². The molecule has 0 aliphatic heterocycles. The van der Waals surface area contributed by atoms with Gasteiger partial charge in [-0.3, -0.25) is 4.79 Å². The summed E-state index contributed by atoms with van der Waals surface area (Å²) in [4.78, 5) is 15.2. The molecule has 0 N–H and O–H groups in total. The van der Waals surface area contributed by atoms with E-state index in [1.165, 1.54) is 0 Å². The molecule has 4 nitrogen and oxygen atoms in total. The molecule has 0 aliphatic rings. The number of carbonyl (C=O) groups excluding carboxylic acids is 1. The van der Waals surface area contributed by atoms with Gasteiger partial charge in [0, 0.05) is 17.8 Å². The first-order valence-corrected chi connectivity index (χ1v) is 9.92. The highest BCUT2D eigenvalue weighted by molar-refractivity contribution is 6.08. The van der Waals surface area contributed by atoms with Crippen LogP contribution in [0.15, 0.2) is 84.9 Å². The lowest BCUT2D eigenvalue weighted by atomic mass is 9.97. The molecule has 0 aromatic heterocycles. The monoisotopic (exact) mass is 401 g/mol. The summed E-state index contributed by atoms with van der Waals surface area (Å²) in [5, 5.41) is 0. The fourth-order valence-electron chi connectivity index (χ4n) is 3.34. The summed E-state index contributed by atoms with van der Waals surface area (Å²) in [5.74, 6) is 1.47. The summed E-state index contributed by atoms with van der Waals surface area (Å²) >= 11 is 0. The first kappa shape index (κ1) is 21.2. The van der Waals surface area contributed by atoms with Gasteiger partial charge in [0.15, 0.2) is 0 Å². The molecule has 30 heavy (non-hydrogen) atoms. The highest BCUT2D eigenvalue weighted by Gasteiger charge is 2.19. The Kier molecular flexibility index (Phi) is 6.91. The van der Waals surface area contributed by atoms with E-state index in [4.69, 9.17) is 9.47 Å². The Balaban J connectivity index is 2.07. The van der Waals surface area contributed by atoms with Gasteiger partial charge in [-0.2, -0.15) is 0 Å². The molecule has 0 fully saturated rings. The Morgan fingerprint density at radius 1 is 0.767 bits per heavy atom. The van der Waals surface area contributed by atoms with Crippen molar-refractivity contribution >= 4 is 17.2 Å². The number of nitrogens with zero attached hydrogens (tertiary/aromatic N) is 1. The average Bonchev–Trinajstić information content (AvgIpc) is 2.78. The van der Waals surface area contributed by atoms with Crippen LogP contribution in [-0.2, 0) is 4.79 Å². The number of rotatable bonds is 7. The number of methoxy groups -OCH3 is 2. The molecule has 3 aromatic carbocycles. The summed E-state index contributed by atoms with van der Waals surface area (Å²) in [6.45, 7) is 4.03. The first-order chi connectivity index (χ1) is 14.5. The molecule has 4 heteroatoms. The van der Waals surface area contributed by atoms with Crippen molar-refractivity contribution in [1.29, 1.82) is 0 Å². The lowest BCUT2D eigenvalue weighted by molar-refractivity contribution is -0.114. The zero-order valence-corrected chi connectivity index (χ0v) is 17.8. The number of benzene rings is 3. The Morgan fingerprint density at radius 2 is 1.23 bits per heavy atom. The van der Waals surface area contributed by atoms with Crippen LogP contribution in [0.1, 0.15) is 25.0 Å². The molecule has 154 valence electrons. The zero-order chi connectivity index (χ0) is 21.5. The molecule has 1 amide bonds. The third-order valence-corrected chi connectivity index (χ3v) is 4.86. The van der Waals surface area contributed by atoms with Gasteiger partial charge in [-0.15, -0.1) is 0 Å². The molecule has 0 saturated carbocycles. The quantitative estimate of drug-likeness (QED) is 0.485. The van der Waals surface area contributed by atoms with Gasteiger partial charge in [0.25, 0.3) is 5.91 Å². The van der Waals surface area contributed by atoms with Crippen LogP contribution >= 0.6 is 0 Å². The smallest absolute Gasteiger partial charge is 0.251 e. The zero-order valence-electron chi connectivity index (χ0n) is 17.8. The molecule has 0 saturated heterocycles. The predicted octanol–water partition coefficient (Wildman–Crippen LogP) is 5.58. The van der Waals surface area contributed by atoms with Crippen LogP contribution in [0.4, 0.5) is 5.69 Å². The van der Waals surface area contributed by atoms with Crippen molar-refractivity contribution in [3.63, 3.8) is 0 Å². The van der Waals surface area contributed by atoms with Crippen LogP contribution in [0.3, 0.4) is 0 Å². The predicted molar refractivity (Wildman–Crippen MR) is 122 cm³/mol. The first-order valence-electron chi connectivity index (χ1n) is 9.92. The Labute approximate surface area is 178 Å². The Bertz CT molecular complexity index is 941. The molecule has 3 rings (SSSR count). The lowest BCUT2D eigenvalue weighted by Gasteiger charge is -2.26. The van der Waals surface area contributed by atoms with Crippen LogP contribution in [0.25, 0.3) is 5.57 Å². The van der Waals surface area contributed by atoms with E-state index in [0.717, 1.165) is 33.9 Å². The van der Waals surface area contributed by atoms with E-state index in [1.807, 2.05) is 92.7 Å². The number of amides is 1. The fourth-order valence-corrected chi connectivity index (χ4v) is 3.34. The molecule has 3 aromatic rings. The fraction of sp³-hybridized carbons (Fsp3) is 0.192. The van der Waals surface area contributed by atoms with Crippen LogP contribution < -0.4 is 14.4 Å². The van der Waals surface area contributed by atoms with Crippen molar-refractivity contribution in [1.82, 2.24) is 0 Å². The largest absolute Gasteiger partial charge is 0.497 e. The van der Waals surface area contributed by atoms with E-state index < -0.39 is 0 Å². The molecule has 0 radical (unpaired) electrons. The maximum absolute atomic E-state index is 13.4. The van der Waals surface area contributed by atoms with Gasteiger partial charge in [0.05, 0.1) is 14.2 Å². The van der Waals surface area contributed by atoms with Crippen molar-refractivity contribution in [2.45, 2.75) is 19.9 Å². The normalized spacial score (nSPS) is 10.4. The van der Waals surface area contributed by atoms with Gasteiger partial charge in [0.2, 0.25) is 0 Å². The second kappa shape index (κ2) is 9.79. The van der Waals surface area contributed by atoms with Gasteiger partial charge in [-0.25, -0.2) is 0 Å². The minimum atomic E-state index is -0.0714. The summed E-state index contributed by atoms with van der Waals surface area (Å²) < 4.78 is 10.6. The number of ether oxygens (including phenoxy) is 2. The van der Waals surface area contributed by atoms with Crippen molar-refractivity contribution in [2.24, 2.45) is 0 Å². The van der Waals surface area contributed by atoms with Crippen LogP contribution in [0, 0.1) is 0 Å². The van der Waals surface area contributed by atoms with Crippen LogP contribution in [-0.4, -0.2) is 26.2 Å².